The van der Waals surface area contributed by atoms with E-state index in [2.05, 4.69) is 120 Å². The molecule has 0 spiro atoms. The van der Waals surface area contributed by atoms with Crippen molar-refractivity contribution in [2.45, 2.75) is 64.3 Å². The van der Waals surface area contributed by atoms with E-state index in [-0.39, 0.29) is 5.41 Å². The molecule has 0 unspecified atom stereocenters. The van der Waals surface area contributed by atoms with E-state index in [9.17, 15) is 0 Å². The van der Waals surface area contributed by atoms with Gasteiger partial charge in [-0.3, -0.25) is 5.01 Å². The number of allylic oxidation sites excluding steroid dienone is 3. The molecule has 0 radical (unpaired) electrons. The van der Waals surface area contributed by atoms with Crippen molar-refractivity contribution in [2.75, 3.05) is 24.6 Å². The van der Waals surface area contributed by atoms with Crippen molar-refractivity contribution < 1.29 is 0 Å². The second-order valence-electron chi connectivity index (χ2n) is 12.4. The van der Waals surface area contributed by atoms with Crippen LogP contribution < -0.4 is 21.3 Å². The van der Waals surface area contributed by atoms with Crippen LogP contribution in [0.25, 0.3) is 16.8 Å². The number of nitrogens with one attached hydrogen (secondary N) is 3. The van der Waals surface area contributed by atoms with Crippen LogP contribution in [0.3, 0.4) is 0 Å². The molecule has 3 aromatic rings. The van der Waals surface area contributed by atoms with Crippen molar-refractivity contribution in [2.24, 2.45) is 0 Å². The van der Waals surface area contributed by atoms with Crippen LogP contribution in [0.5, 0.6) is 0 Å². The summed E-state index contributed by atoms with van der Waals surface area (Å²) in [6, 6.07) is 20.5. The number of hydrogen-bond donors (Lipinski definition) is 3. The van der Waals surface area contributed by atoms with Gasteiger partial charge in [0, 0.05) is 30.2 Å². The average molecular weight is 592 g/mol. The number of fused-ring (bicyclic) bond motifs is 3. The highest BCUT2D eigenvalue weighted by molar-refractivity contribution is 7.11. The van der Waals surface area contributed by atoms with Gasteiger partial charge in [-0.15, -0.1) is 16.9 Å². The highest BCUT2D eigenvalue weighted by Crippen LogP contribution is 2.54. The lowest BCUT2D eigenvalue weighted by Gasteiger charge is -2.35. The van der Waals surface area contributed by atoms with Crippen LogP contribution in [0.2, 0.25) is 0 Å². The lowest BCUT2D eigenvalue weighted by Crippen LogP contribution is -2.42. The Labute approximate surface area is 261 Å². The third-order valence-electron chi connectivity index (χ3n) is 9.61. The molecule has 6 heteroatoms. The molecule has 0 bridgehead atoms. The molecule has 224 valence electrons. The number of nitrogens with zero attached hydrogens (tertiary/aromatic N) is 2. The molecule has 43 heavy (non-hydrogen) atoms. The minimum atomic E-state index is -0.0772. The molecule has 0 saturated carbocycles. The maximum absolute atomic E-state index is 4.53. The third kappa shape index (κ3) is 5.37. The van der Waals surface area contributed by atoms with E-state index in [1.165, 1.54) is 45.5 Å². The van der Waals surface area contributed by atoms with E-state index in [4.69, 9.17) is 0 Å². The zero-order valence-corrected chi connectivity index (χ0v) is 26.7. The summed E-state index contributed by atoms with van der Waals surface area (Å²) in [5.74, 6) is 0. The lowest BCUT2D eigenvalue weighted by molar-refractivity contribution is 0.201. The highest BCUT2D eigenvalue weighted by Gasteiger charge is 2.43. The summed E-state index contributed by atoms with van der Waals surface area (Å²) in [5.41, 5.74) is 18.6. The Morgan fingerprint density at radius 2 is 1.60 bits per heavy atom. The minimum Gasteiger partial charge on any atom is -0.381 e. The van der Waals surface area contributed by atoms with E-state index in [0.29, 0.717) is 6.04 Å². The van der Waals surface area contributed by atoms with Crippen LogP contribution in [-0.4, -0.2) is 30.6 Å². The number of unbranched alkanes of at least 4 members (excludes halogenated alkanes) is 1. The van der Waals surface area contributed by atoms with Crippen LogP contribution >= 0.6 is 11.3 Å². The van der Waals surface area contributed by atoms with E-state index in [1.807, 2.05) is 6.92 Å². The summed E-state index contributed by atoms with van der Waals surface area (Å²) in [6.45, 7) is 22.8. The van der Waals surface area contributed by atoms with E-state index >= 15 is 0 Å². The Balaban J connectivity index is 1.01. The van der Waals surface area contributed by atoms with Crippen LogP contribution in [0, 0.1) is 0 Å². The molecule has 3 heterocycles. The van der Waals surface area contributed by atoms with Crippen molar-refractivity contribution in [1.82, 2.24) is 21.2 Å². The summed E-state index contributed by atoms with van der Waals surface area (Å²) < 4.78 is 0. The van der Waals surface area contributed by atoms with Crippen molar-refractivity contribution >= 4 is 22.7 Å². The number of thiophene rings is 1. The fraction of sp³-hybridized carbons (Fsp3) is 0.351. The number of benzene rings is 2. The van der Waals surface area contributed by atoms with Gasteiger partial charge in [0.1, 0.15) is 0 Å². The van der Waals surface area contributed by atoms with E-state index in [1.54, 1.807) is 11.3 Å². The molecule has 1 aliphatic carbocycles. The number of piperidine rings is 1. The molecule has 0 atom stereocenters. The Morgan fingerprint density at radius 1 is 0.953 bits per heavy atom. The summed E-state index contributed by atoms with van der Waals surface area (Å²) in [5, 5.41) is 7.99. The van der Waals surface area contributed by atoms with Crippen LogP contribution in [0.4, 0.5) is 5.69 Å². The maximum atomic E-state index is 4.53. The SMILES string of the molecule is C=C(C)C1=C(C)N(c2ccsc2C(=C)NC2CCN(CCCCC3(C(=C)C)c4ccccc4-c4ccccc43)CC2)NN1. The monoisotopic (exact) mass is 591 g/mol. The lowest BCUT2D eigenvalue weighted by atomic mass is 9.70. The maximum Gasteiger partial charge on any atom is 0.0793 e. The number of hydrazine groups is 2. The molecule has 2 aliphatic heterocycles. The second-order valence-corrected chi connectivity index (χ2v) is 13.3. The van der Waals surface area contributed by atoms with Crippen LogP contribution in [-0.2, 0) is 5.41 Å². The van der Waals surface area contributed by atoms with Crippen molar-refractivity contribution in [3.63, 3.8) is 0 Å². The number of hydrogen-bond acceptors (Lipinski definition) is 6. The molecule has 1 aromatic heterocycles. The first-order chi connectivity index (χ1) is 20.8. The van der Waals surface area contributed by atoms with Crippen molar-refractivity contribution in [1.29, 1.82) is 0 Å². The summed E-state index contributed by atoms with van der Waals surface area (Å²) in [7, 11) is 0. The predicted molar refractivity (Wildman–Crippen MR) is 184 cm³/mol. The fourth-order valence-electron chi connectivity index (χ4n) is 7.37. The zero-order valence-electron chi connectivity index (χ0n) is 25.9. The van der Waals surface area contributed by atoms with Crippen LogP contribution in [0.1, 0.15) is 68.9 Å². The average Bonchev–Trinajstić information content (AvgIpc) is 3.71. The van der Waals surface area contributed by atoms with Crippen LogP contribution in [0.15, 0.2) is 102 Å². The number of anilines is 1. The first-order valence-electron chi connectivity index (χ1n) is 15.6. The minimum absolute atomic E-state index is 0.0772. The van der Waals surface area contributed by atoms with E-state index < -0.39 is 0 Å². The van der Waals surface area contributed by atoms with Gasteiger partial charge in [-0.1, -0.05) is 80.3 Å². The first kappa shape index (κ1) is 29.5. The van der Waals surface area contributed by atoms with Gasteiger partial charge >= 0.3 is 0 Å². The highest BCUT2D eigenvalue weighted by atomic mass is 32.1. The summed E-state index contributed by atoms with van der Waals surface area (Å²) in [6.07, 6.45) is 5.78. The molecule has 5 nitrogen and oxygen atoms in total. The predicted octanol–water partition coefficient (Wildman–Crippen LogP) is 8.12. The number of rotatable bonds is 11. The Morgan fingerprint density at radius 3 is 2.21 bits per heavy atom. The Bertz CT molecular complexity index is 1530. The van der Waals surface area contributed by atoms with Gasteiger partial charge in [0.15, 0.2) is 0 Å². The van der Waals surface area contributed by atoms with Crippen molar-refractivity contribution in [3.8, 4) is 11.1 Å². The molecule has 3 aliphatic rings. The van der Waals surface area contributed by atoms with E-state index in [0.717, 1.165) is 67.2 Å². The molecular weight excluding hydrogens is 547 g/mol. The van der Waals surface area contributed by atoms with Gasteiger partial charge in [-0.05, 0) is 92.3 Å². The molecule has 2 aromatic carbocycles. The van der Waals surface area contributed by atoms with Gasteiger partial charge in [0.25, 0.3) is 0 Å². The molecule has 1 fully saturated rings. The standard InChI is InChI=1S/C37H45N5S/c1-25(2)35-28(6)42(40-39-35)34-19-24-43-36(34)27(5)38-29-17-22-41(23-18-29)21-12-11-20-37(26(3)4)32-15-9-7-13-30(32)31-14-8-10-16-33(31)37/h7-10,13-16,19,24,29,38-40H,1,3,5,11-12,17-18,20-23H2,2,4,6H3. The third-order valence-corrected chi connectivity index (χ3v) is 10.6. The van der Waals surface area contributed by atoms with Gasteiger partial charge in [-0.25, -0.2) is 0 Å². The first-order valence-corrected chi connectivity index (χ1v) is 16.5. The molecule has 3 N–H and O–H groups in total. The van der Waals surface area contributed by atoms with Gasteiger partial charge in [-0.2, -0.15) is 0 Å². The van der Waals surface area contributed by atoms with Gasteiger partial charge < -0.3 is 15.6 Å². The van der Waals surface area contributed by atoms with Crippen molar-refractivity contribution in [3.05, 3.63) is 118 Å². The normalized spacial score (nSPS) is 17.9. The largest absolute Gasteiger partial charge is 0.381 e. The fourth-order valence-corrected chi connectivity index (χ4v) is 8.18. The summed E-state index contributed by atoms with van der Waals surface area (Å²) in [4.78, 5) is 3.81. The van der Waals surface area contributed by atoms with Gasteiger partial charge in [0.05, 0.1) is 22.0 Å². The smallest absolute Gasteiger partial charge is 0.0793 e. The molecule has 6 rings (SSSR count). The molecule has 0 amide bonds. The molecule has 1 saturated heterocycles. The summed E-state index contributed by atoms with van der Waals surface area (Å²) >= 11 is 1.73. The molecular formula is C37H45N5S. The topological polar surface area (TPSA) is 42.6 Å². The van der Waals surface area contributed by atoms with Gasteiger partial charge in [0.2, 0.25) is 0 Å². The Kier molecular flexibility index (Phi) is 8.36. The quantitative estimate of drug-likeness (QED) is 0.155. The Hall–Kier alpha value is -3.58. The number of likely N-dealkylation sites (tertiary alicyclic amines) is 1. The second kappa shape index (κ2) is 12.2. The zero-order chi connectivity index (χ0) is 30.1.